The SMILES string of the molecule is C[C@H]1CCO[C@H]1[C@](C)(O)/C=C/C1=CC2=C(Cl)C(=O)[C@](C)(O)[C@H](O)[C@@H]2CO1. The number of hydrogen-bond acceptors (Lipinski definition) is 6. The Bertz CT molecular complexity index is 690. The van der Waals surface area contributed by atoms with Crippen LogP contribution in [0.1, 0.15) is 27.2 Å². The van der Waals surface area contributed by atoms with Crippen molar-refractivity contribution in [3.8, 4) is 0 Å². The Morgan fingerprint density at radius 2 is 2.15 bits per heavy atom. The molecule has 0 bridgehead atoms. The van der Waals surface area contributed by atoms with Crippen molar-refractivity contribution in [2.24, 2.45) is 11.8 Å². The molecule has 6 atom stereocenters. The van der Waals surface area contributed by atoms with E-state index >= 15 is 0 Å². The quantitative estimate of drug-likeness (QED) is 0.681. The summed E-state index contributed by atoms with van der Waals surface area (Å²) in [5.41, 5.74) is -2.66. The lowest BCUT2D eigenvalue weighted by atomic mass is 9.75. The molecule has 0 aromatic rings. The van der Waals surface area contributed by atoms with Gasteiger partial charge in [-0.25, -0.2) is 0 Å². The predicted octanol–water partition coefficient (Wildman–Crippen LogP) is 1.44. The van der Waals surface area contributed by atoms with Crippen LogP contribution in [0.4, 0.5) is 0 Å². The van der Waals surface area contributed by atoms with Crippen molar-refractivity contribution in [2.75, 3.05) is 13.2 Å². The van der Waals surface area contributed by atoms with E-state index < -0.39 is 29.0 Å². The van der Waals surface area contributed by atoms with Gasteiger partial charge in [0.2, 0.25) is 5.78 Å². The Kier molecular flexibility index (Phi) is 5.09. The van der Waals surface area contributed by atoms with E-state index in [0.29, 0.717) is 17.9 Å². The topological polar surface area (TPSA) is 96.2 Å². The summed E-state index contributed by atoms with van der Waals surface area (Å²) in [6.07, 6.45) is 4.09. The van der Waals surface area contributed by atoms with E-state index in [2.05, 4.69) is 0 Å². The van der Waals surface area contributed by atoms with Crippen molar-refractivity contribution in [2.45, 2.75) is 50.6 Å². The minimum atomic E-state index is -1.94. The zero-order valence-electron chi connectivity index (χ0n) is 15.1. The van der Waals surface area contributed by atoms with Crippen molar-refractivity contribution in [1.29, 1.82) is 0 Å². The first-order chi connectivity index (χ1) is 12.1. The maximum absolute atomic E-state index is 12.2. The van der Waals surface area contributed by atoms with E-state index in [0.717, 1.165) is 6.42 Å². The average molecular weight is 385 g/mol. The lowest BCUT2D eigenvalue weighted by molar-refractivity contribution is -0.150. The third kappa shape index (κ3) is 3.25. The summed E-state index contributed by atoms with van der Waals surface area (Å²) in [5.74, 6) is -0.640. The van der Waals surface area contributed by atoms with Gasteiger partial charge in [0, 0.05) is 12.5 Å². The number of allylic oxidation sites excluding steroid dienone is 2. The second-order valence-electron chi connectivity index (χ2n) is 7.77. The van der Waals surface area contributed by atoms with Crippen molar-refractivity contribution in [1.82, 2.24) is 0 Å². The monoisotopic (exact) mass is 384 g/mol. The molecule has 0 aromatic carbocycles. The van der Waals surface area contributed by atoms with Crippen LogP contribution >= 0.6 is 11.6 Å². The smallest absolute Gasteiger partial charge is 0.208 e. The second kappa shape index (κ2) is 6.77. The van der Waals surface area contributed by atoms with Gasteiger partial charge in [-0.3, -0.25) is 4.79 Å². The van der Waals surface area contributed by atoms with Crippen LogP contribution in [0.2, 0.25) is 0 Å². The molecule has 0 amide bonds. The third-order valence-corrected chi connectivity index (χ3v) is 5.93. The van der Waals surface area contributed by atoms with Crippen LogP contribution in [0.3, 0.4) is 0 Å². The zero-order valence-corrected chi connectivity index (χ0v) is 15.9. The van der Waals surface area contributed by atoms with Gasteiger partial charge in [-0.2, -0.15) is 0 Å². The molecule has 0 aromatic heterocycles. The van der Waals surface area contributed by atoms with Crippen molar-refractivity contribution >= 4 is 17.4 Å². The fraction of sp³-hybridized carbons (Fsp3) is 0.632. The minimum Gasteiger partial charge on any atom is -0.493 e. The molecule has 0 unspecified atom stereocenters. The summed E-state index contributed by atoms with van der Waals surface area (Å²) in [4.78, 5) is 12.2. The maximum atomic E-state index is 12.2. The van der Waals surface area contributed by atoms with Gasteiger partial charge in [0.1, 0.15) is 17.5 Å². The predicted molar refractivity (Wildman–Crippen MR) is 95.3 cm³/mol. The number of rotatable bonds is 3. The highest BCUT2D eigenvalue weighted by atomic mass is 35.5. The number of carbonyl (C=O) groups is 1. The third-order valence-electron chi connectivity index (χ3n) is 5.54. The van der Waals surface area contributed by atoms with E-state index in [1.54, 1.807) is 25.2 Å². The Balaban J connectivity index is 1.85. The average Bonchev–Trinajstić information content (AvgIpc) is 3.03. The molecule has 2 heterocycles. The molecule has 26 heavy (non-hydrogen) atoms. The van der Waals surface area contributed by atoms with Gasteiger partial charge >= 0.3 is 0 Å². The number of fused-ring (bicyclic) bond motifs is 1. The first-order valence-corrected chi connectivity index (χ1v) is 9.16. The van der Waals surface area contributed by atoms with Gasteiger partial charge in [-0.15, -0.1) is 0 Å². The first kappa shape index (κ1) is 19.6. The minimum absolute atomic E-state index is 0.0742. The van der Waals surface area contributed by atoms with Gasteiger partial charge in [-0.1, -0.05) is 18.5 Å². The van der Waals surface area contributed by atoms with E-state index in [4.69, 9.17) is 21.1 Å². The number of aliphatic hydroxyl groups is 3. The number of ether oxygens (including phenoxy) is 2. The highest BCUT2D eigenvalue weighted by Gasteiger charge is 2.50. The fourth-order valence-corrected chi connectivity index (χ4v) is 4.21. The molecule has 0 spiro atoms. The summed E-state index contributed by atoms with van der Waals surface area (Å²) < 4.78 is 11.3. The standard InChI is InChI=1S/C19H25ClO6/c1-10-5-7-25-17(10)18(2,23)6-4-11-8-12-13(9-26-11)15(21)19(3,24)16(22)14(12)20/h4,6,8,10,13,15,17,21,23-24H,5,7,9H2,1-3H3/b6-4+/t10-,13+,15+,17+,18+,19+/m0/s1. The number of carbonyl (C=O) groups excluding carboxylic acids is 1. The van der Waals surface area contributed by atoms with E-state index in [1.165, 1.54) is 6.92 Å². The zero-order chi connectivity index (χ0) is 19.3. The molecule has 7 heteroatoms. The molecule has 0 radical (unpaired) electrons. The molecule has 2 aliphatic heterocycles. The van der Waals surface area contributed by atoms with E-state index in [9.17, 15) is 20.1 Å². The number of halogens is 1. The first-order valence-electron chi connectivity index (χ1n) is 8.78. The summed E-state index contributed by atoms with van der Waals surface area (Å²) in [6, 6.07) is 0. The van der Waals surface area contributed by atoms with E-state index in [-0.39, 0.29) is 23.7 Å². The fourth-order valence-electron chi connectivity index (χ4n) is 3.83. The lowest BCUT2D eigenvalue weighted by Crippen LogP contribution is -2.55. The van der Waals surface area contributed by atoms with Gasteiger partial charge < -0.3 is 24.8 Å². The number of ketones is 1. The van der Waals surface area contributed by atoms with Gasteiger partial charge in [0.15, 0.2) is 5.60 Å². The largest absolute Gasteiger partial charge is 0.493 e. The van der Waals surface area contributed by atoms with Crippen molar-refractivity contribution in [3.05, 3.63) is 34.6 Å². The van der Waals surface area contributed by atoms with Crippen LogP contribution in [-0.4, -0.2) is 57.7 Å². The molecule has 1 aliphatic carbocycles. The van der Waals surface area contributed by atoms with Gasteiger partial charge in [0.05, 0.1) is 17.7 Å². The number of aliphatic hydroxyl groups excluding tert-OH is 1. The van der Waals surface area contributed by atoms with Crippen molar-refractivity contribution in [3.63, 3.8) is 0 Å². The van der Waals surface area contributed by atoms with Crippen LogP contribution in [0.25, 0.3) is 0 Å². The van der Waals surface area contributed by atoms with Crippen LogP contribution in [0, 0.1) is 11.8 Å². The maximum Gasteiger partial charge on any atom is 0.208 e. The summed E-state index contributed by atoms with van der Waals surface area (Å²) in [5, 5.41) is 31.1. The lowest BCUT2D eigenvalue weighted by Gasteiger charge is -2.40. The Hall–Kier alpha value is -1.18. The summed E-state index contributed by atoms with van der Waals surface area (Å²) in [7, 11) is 0. The second-order valence-corrected chi connectivity index (χ2v) is 8.15. The van der Waals surface area contributed by atoms with Gasteiger partial charge in [0.25, 0.3) is 0 Å². The molecule has 3 rings (SSSR count). The number of hydrogen-bond donors (Lipinski definition) is 3. The Morgan fingerprint density at radius 1 is 1.46 bits per heavy atom. The molecule has 3 N–H and O–H groups in total. The molecule has 6 nitrogen and oxygen atoms in total. The molecule has 144 valence electrons. The van der Waals surface area contributed by atoms with Gasteiger partial charge in [-0.05, 0) is 50.0 Å². The number of Topliss-reactive ketones (excluding diaryl/α,β-unsaturated/α-hetero) is 1. The Labute approximate surface area is 157 Å². The molecule has 0 saturated carbocycles. The Morgan fingerprint density at radius 3 is 2.77 bits per heavy atom. The summed E-state index contributed by atoms with van der Waals surface area (Å²) in [6.45, 7) is 5.66. The molecule has 1 saturated heterocycles. The van der Waals surface area contributed by atoms with Crippen LogP contribution in [-0.2, 0) is 14.3 Å². The van der Waals surface area contributed by atoms with Crippen LogP contribution in [0.5, 0.6) is 0 Å². The molecular weight excluding hydrogens is 360 g/mol. The van der Waals surface area contributed by atoms with Crippen molar-refractivity contribution < 1.29 is 29.6 Å². The highest BCUT2D eigenvalue weighted by Crippen LogP contribution is 2.40. The summed E-state index contributed by atoms with van der Waals surface area (Å²) >= 11 is 6.13. The van der Waals surface area contributed by atoms with Crippen LogP contribution in [0.15, 0.2) is 34.6 Å². The molecule has 1 fully saturated rings. The highest BCUT2D eigenvalue weighted by molar-refractivity contribution is 6.44. The van der Waals surface area contributed by atoms with Crippen LogP contribution < -0.4 is 0 Å². The normalized spacial score (nSPS) is 40.3. The molecule has 3 aliphatic rings. The molecular formula is C19H25ClO6. The van der Waals surface area contributed by atoms with E-state index in [1.807, 2.05) is 6.92 Å².